The van der Waals surface area contributed by atoms with Gasteiger partial charge in [-0.15, -0.1) is 0 Å². The van der Waals surface area contributed by atoms with E-state index in [9.17, 15) is 4.79 Å². The lowest BCUT2D eigenvalue weighted by atomic mass is 10.1. The molecular weight excluding hydrogens is 250 g/mol. The lowest BCUT2D eigenvalue weighted by molar-refractivity contribution is -0.117. The van der Waals surface area contributed by atoms with Crippen LogP contribution in [0.5, 0.6) is 0 Å². The molecular formula is C16H25N3O. The molecule has 0 aromatic heterocycles. The molecule has 0 fully saturated rings. The molecule has 0 unspecified atom stereocenters. The molecule has 1 rings (SSSR count). The van der Waals surface area contributed by atoms with E-state index in [2.05, 4.69) is 42.0 Å². The van der Waals surface area contributed by atoms with Crippen molar-refractivity contribution in [1.29, 1.82) is 0 Å². The fourth-order valence-corrected chi connectivity index (χ4v) is 1.78. The second-order valence-corrected chi connectivity index (χ2v) is 5.00. The van der Waals surface area contributed by atoms with Crippen LogP contribution in [0.25, 0.3) is 0 Å². The zero-order chi connectivity index (χ0) is 15.0. The van der Waals surface area contributed by atoms with E-state index < -0.39 is 0 Å². The number of hydrogen-bond acceptors (Lipinski definition) is 3. The van der Waals surface area contributed by atoms with Crippen molar-refractivity contribution in [1.82, 2.24) is 15.5 Å². The third-order valence-corrected chi connectivity index (χ3v) is 3.17. The predicted octanol–water partition coefficient (Wildman–Crippen LogP) is 1.95. The minimum Gasteiger partial charge on any atom is -0.368 e. The molecule has 4 heteroatoms. The first-order valence-electron chi connectivity index (χ1n) is 6.96. The Balaban J connectivity index is 2.58. The van der Waals surface area contributed by atoms with E-state index in [1.807, 2.05) is 19.2 Å². The van der Waals surface area contributed by atoms with Crippen molar-refractivity contribution in [3.8, 4) is 0 Å². The molecule has 1 aliphatic heterocycles. The molecule has 0 bridgehead atoms. The summed E-state index contributed by atoms with van der Waals surface area (Å²) in [6, 6.07) is 0. The summed E-state index contributed by atoms with van der Waals surface area (Å²) in [5.41, 5.74) is 2.99. The fourth-order valence-electron chi connectivity index (χ4n) is 1.78. The number of allylic oxidation sites excluding steroid dienone is 3. The molecule has 20 heavy (non-hydrogen) atoms. The van der Waals surface area contributed by atoms with E-state index >= 15 is 0 Å². The van der Waals surface area contributed by atoms with Crippen molar-refractivity contribution >= 4 is 5.91 Å². The highest BCUT2D eigenvalue weighted by Gasteiger charge is 2.13. The zero-order valence-corrected chi connectivity index (χ0v) is 12.7. The summed E-state index contributed by atoms with van der Waals surface area (Å²) in [5.74, 6) is -0.0596. The highest BCUT2D eigenvalue weighted by molar-refractivity contribution is 5.93. The Morgan fingerprint density at radius 1 is 1.60 bits per heavy atom. The maximum absolute atomic E-state index is 12.0. The molecule has 1 aliphatic rings. The molecule has 1 heterocycles. The van der Waals surface area contributed by atoms with Gasteiger partial charge < -0.3 is 10.6 Å². The lowest BCUT2D eigenvalue weighted by Crippen LogP contribution is -2.41. The van der Waals surface area contributed by atoms with E-state index in [1.54, 1.807) is 6.08 Å². The Bertz CT molecular complexity index is 447. The van der Waals surface area contributed by atoms with Gasteiger partial charge in [-0.3, -0.25) is 9.69 Å². The monoisotopic (exact) mass is 275 g/mol. The molecule has 0 aromatic rings. The number of amides is 1. The Labute approximate surface area is 121 Å². The Morgan fingerprint density at radius 2 is 2.35 bits per heavy atom. The summed E-state index contributed by atoms with van der Waals surface area (Å²) in [4.78, 5) is 14.1. The summed E-state index contributed by atoms with van der Waals surface area (Å²) in [6.07, 6.45) is 8.67. The van der Waals surface area contributed by atoms with Gasteiger partial charge in [-0.1, -0.05) is 37.3 Å². The molecule has 0 aromatic carbocycles. The van der Waals surface area contributed by atoms with Gasteiger partial charge in [0, 0.05) is 13.1 Å². The average molecular weight is 275 g/mol. The number of rotatable bonds is 6. The molecule has 1 amide bonds. The Hall–Kier alpha value is -1.81. The van der Waals surface area contributed by atoms with Crippen LogP contribution in [0.2, 0.25) is 0 Å². The topological polar surface area (TPSA) is 44.4 Å². The highest BCUT2D eigenvalue weighted by atomic mass is 16.2. The highest BCUT2D eigenvalue weighted by Crippen LogP contribution is 2.06. The SMILES string of the molecule is C=C/C=C(\C=C(/C)CC)CNC(=O)C1=CCN(C)CN1. The van der Waals surface area contributed by atoms with Crippen molar-refractivity contribution in [3.05, 3.63) is 47.7 Å². The molecule has 4 nitrogen and oxygen atoms in total. The van der Waals surface area contributed by atoms with Crippen molar-refractivity contribution in [2.24, 2.45) is 0 Å². The van der Waals surface area contributed by atoms with E-state index in [0.29, 0.717) is 18.9 Å². The third-order valence-electron chi connectivity index (χ3n) is 3.17. The van der Waals surface area contributed by atoms with Crippen molar-refractivity contribution in [3.63, 3.8) is 0 Å². The first kappa shape index (κ1) is 16.2. The summed E-state index contributed by atoms with van der Waals surface area (Å²) >= 11 is 0. The fraction of sp³-hybridized carbons (Fsp3) is 0.438. The summed E-state index contributed by atoms with van der Waals surface area (Å²) < 4.78 is 0. The first-order chi connectivity index (χ1) is 9.56. The van der Waals surface area contributed by atoms with Crippen molar-refractivity contribution < 1.29 is 4.79 Å². The number of likely N-dealkylation sites (N-methyl/N-ethyl adjacent to an activating group) is 1. The lowest BCUT2D eigenvalue weighted by Gasteiger charge is -2.23. The summed E-state index contributed by atoms with van der Waals surface area (Å²) in [5, 5.41) is 6.03. The van der Waals surface area contributed by atoms with Crippen LogP contribution < -0.4 is 10.6 Å². The molecule has 0 saturated heterocycles. The summed E-state index contributed by atoms with van der Waals surface area (Å²) in [7, 11) is 2.00. The first-order valence-corrected chi connectivity index (χ1v) is 6.96. The third kappa shape index (κ3) is 5.45. The minimum absolute atomic E-state index is 0.0596. The number of nitrogens with zero attached hydrogens (tertiary/aromatic N) is 1. The molecule has 0 atom stereocenters. The molecule has 0 spiro atoms. The second-order valence-electron chi connectivity index (χ2n) is 5.00. The van der Waals surface area contributed by atoms with Gasteiger partial charge in [-0.05, 0) is 32.0 Å². The van der Waals surface area contributed by atoms with Gasteiger partial charge in [0.15, 0.2) is 0 Å². The van der Waals surface area contributed by atoms with Gasteiger partial charge in [0.1, 0.15) is 0 Å². The van der Waals surface area contributed by atoms with Crippen LogP contribution in [0, 0.1) is 0 Å². The van der Waals surface area contributed by atoms with Crippen molar-refractivity contribution in [2.75, 3.05) is 26.8 Å². The maximum atomic E-state index is 12.0. The predicted molar refractivity (Wildman–Crippen MR) is 84.1 cm³/mol. The molecule has 2 N–H and O–H groups in total. The van der Waals surface area contributed by atoms with Gasteiger partial charge in [0.05, 0.1) is 12.4 Å². The minimum atomic E-state index is -0.0596. The van der Waals surface area contributed by atoms with Crippen LogP contribution in [-0.4, -0.2) is 37.6 Å². The van der Waals surface area contributed by atoms with Crippen LogP contribution >= 0.6 is 0 Å². The van der Waals surface area contributed by atoms with Gasteiger partial charge in [-0.2, -0.15) is 0 Å². The second kappa shape index (κ2) is 8.38. The van der Waals surface area contributed by atoms with Gasteiger partial charge in [0.25, 0.3) is 5.91 Å². The number of nitrogens with one attached hydrogen (secondary N) is 2. The Morgan fingerprint density at radius 3 is 2.90 bits per heavy atom. The van der Waals surface area contributed by atoms with Gasteiger partial charge in [0.2, 0.25) is 0 Å². The van der Waals surface area contributed by atoms with E-state index in [0.717, 1.165) is 18.5 Å². The molecule has 110 valence electrons. The largest absolute Gasteiger partial charge is 0.368 e. The van der Waals surface area contributed by atoms with Crippen LogP contribution in [0.1, 0.15) is 20.3 Å². The molecule has 0 saturated carbocycles. The van der Waals surface area contributed by atoms with Crippen LogP contribution in [-0.2, 0) is 4.79 Å². The molecule has 0 aliphatic carbocycles. The number of carbonyl (C=O) groups excluding carboxylic acids is 1. The van der Waals surface area contributed by atoms with Gasteiger partial charge in [-0.25, -0.2) is 0 Å². The van der Waals surface area contributed by atoms with E-state index in [4.69, 9.17) is 0 Å². The standard InChI is InChI=1S/C16H25N3O/c1-5-7-14(10-13(3)6-2)11-17-16(20)15-8-9-19(4)12-18-15/h5,7-8,10,18H,1,6,9,11-12H2,2-4H3,(H,17,20)/b13-10+,14-7+. The van der Waals surface area contributed by atoms with Crippen molar-refractivity contribution in [2.45, 2.75) is 20.3 Å². The van der Waals surface area contributed by atoms with Gasteiger partial charge >= 0.3 is 0 Å². The zero-order valence-electron chi connectivity index (χ0n) is 12.7. The van der Waals surface area contributed by atoms with Crippen LogP contribution in [0.3, 0.4) is 0 Å². The smallest absolute Gasteiger partial charge is 0.267 e. The Kier molecular flexibility index (Phi) is 6.81. The molecule has 0 radical (unpaired) electrons. The van der Waals surface area contributed by atoms with Crippen LogP contribution in [0.15, 0.2) is 47.7 Å². The van der Waals surface area contributed by atoms with Crippen LogP contribution in [0.4, 0.5) is 0 Å². The summed E-state index contributed by atoms with van der Waals surface area (Å²) in [6.45, 7) is 9.91. The average Bonchev–Trinajstić information content (AvgIpc) is 2.45. The van der Waals surface area contributed by atoms with E-state index in [1.165, 1.54) is 5.57 Å². The van der Waals surface area contributed by atoms with E-state index in [-0.39, 0.29) is 5.91 Å². The number of carbonyl (C=O) groups is 1. The number of hydrogen-bond donors (Lipinski definition) is 2. The quantitative estimate of drug-likeness (QED) is 0.728. The maximum Gasteiger partial charge on any atom is 0.267 e. The normalized spacial score (nSPS) is 17.2.